The number of aryl methyl sites for hydroxylation is 2. The van der Waals surface area contributed by atoms with Crippen molar-refractivity contribution in [3.8, 4) is 0 Å². The number of amides is 1. The van der Waals surface area contributed by atoms with Crippen LogP contribution in [0.1, 0.15) is 40.8 Å². The maximum atomic E-state index is 12.0. The van der Waals surface area contributed by atoms with E-state index in [2.05, 4.69) is 73.0 Å². The molecule has 0 bridgehead atoms. The van der Waals surface area contributed by atoms with Crippen molar-refractivity contribution in [1.82, 2.24) is 10.6 Å². The summed E-state index contributed by atoms with van der Waals surface area (Å²) in [4.78, 5) is 12.0. The molecule has 0 spiro atoms. The average molecular weight is 294 g/mol. The van der Waals surface area contributed by atoms with E-state index >= 15 is 0 Å². The summed E-state index contributed by atoms with van der Waals surface area (Å²) in [5, 5.41) is 6.65. The van der Waals surface area contributed by atoms with Crippen molar-refractivity contribution in [2.45, 2.75) is 32.4 Å². The minimum Gasteiger partial charge on any atom is -0.354 e. The van der Waals surface area contributed by atoms with Crippen LogP contribution in [0.3, 0.4) is 0 Å². The number of hydrogen-bond donors (Lipinski definition) is 2. The van der Waals surface area contributed by atoms with Crippen LogP contribution in [0.5, 0.6) is 0 Å². The van der Waals surface area contributed by atoms with Gasteiger partial charge in [0.15, 0.2) is 0 Å². The number of carbonyl (C=O) groups is 1. The molecule has 0 saturated carbocycles. The quantitative estimate of drug-likeness (QED) is 0.893. The second-order valence-electron chi connectivity index (χ2n) is 6.10. The number of benzene rings is 2. The van der Waals surface area contributed by atoms with E-state index in [4.69, 9.17) is 0 Å². The number of carbonyl (C=O) groups excluding carboxylic acids is 1. The standard InChI is InChI=1S/C19H22N2O/c1-13-3-7-15(8-4-13)17-11-19(22)20-12-18(21-17)16-9-5-14(2)6-10-16/h3-10,17-18,21H,11-12H2,1-2H3,(H,20,22). The van der Waals surface area contributed by atoms with Crippen LogP contribution < -0.4 is 10.6 Å². The molecule has 0 aromatic heterocycles. The Labute approximate surface area is 131 Å². The lowest BCUT2D eigenvalue weighted by atomic mass is 10.00. The van der Waals surface area contributed by atoms with E-state index in [0.717, 1.165) is 0 Å². The van der Waals surface area contributed by atoms with Gasteiger partial charge in [-0.25, -0.2) is 0 Å². The van der Waals surface area contributed by atoms with E-state index in [-0.39, 0.29) is 18.0 Å². The lowest BCUT2D eigenvalue weighted by Gasteiger charge is -2.22. The summed E-state index contributed by atoms with van der Waals surface area (Å²) < 4.78 is 0. The maximum absolute atomic E-state index is 12.0. The molecule has 3 heteroatoms. The van der Waals surface area contributed by atoms with Gasteiger partial charge in [0, 0.05) is 19.0 Å². The molecule has 1 heterocycles. The molecule has 0 radical (unpaired) electrons. The Kier molecular flexibility index (Phi) is 4.25. The molecular formula is C19H22N2O. The van der Waals surface area contributed by atoms with E-state index in [1.165, 1.54) is 22.3 Å². The van der Waals surface area contributed by atoms with Gasteiger partial charge in [0.05, 0.1) is 6.04 Å². The van der Waals surface area contributed by atoms with Gasteiger partial charge in [-0.05, 0) is 25.0 Å². The highest BCUT2D eigenvalue weighted by Crippen LogP contribution is 2.25. The molecule has 2 aromatic rings. The van der Waals surface area contributed by atoms with Gasteiger partial charge in [-0.1, -0.05) is 59.7 Å². The highest BCUT2D eigenvalue weighted by molar-refractivity contribution is 5.77. The van der Waals surface area contributed by atoms with Crippen molar-refractivity contribution in [3.63, 3.8) is 0 Å². The lowest BCUT2D eigenvalue weighted by molar-refractivity contribution is -0.121. The molecule has 2 atom stereocenters. The van der Waals surface area contributed by atoms with Gasteiger partial charge < -0.3 is 10.6 Å². The van der Waals surface area contributed by atoms with Crippen LogP contribution in [-0.2, 0) is 4.79 Å². The fourth-order valence-corrected chi connectivity index (χ4v) is 2.86. The molecule has 2 aromatic carbocycles. The molecule has 114 valence electrons. The first-order valence-electron chi connectivity index (χ1n) is 7.78. The first-order valence-corrected chi connectivity index (χ1v) is 7.78. The normalized spacial score (nSPS) is 22.0. The third-order valence-electron chi connectivity index (χ3n) is 4.25. The Bertz CT molecular complexity index is 646. The summed E-state index contributed by atoms with van der Waals surface area (Å²) in [5.41, 5.74) is 4.86. The van der Waals surface area contributed by atoms with Crippen LogP contribution in [0.25, 0.3) is 0 Å². The molecule has 1 saturated heterocycles. The minimum absolute atomic E-state index is 0.0504. The Hall–Kier alpha value is -2.13. The van der Waals surface area contributed by atoms with Crippen LogP contribution in [0.15, 0.2) is 48.5 Å². The molecule has 1 aliphatic heterocycles. The van der Waals surface area contributed by atoms with Crippen molar-refractivity contribution < 1.29 is 4.79 Å². The zero-order chi connectivity index (χ0) is 15.5. The second kappa shape index (κ2) is 6.32. The van der Waals surface area contributed by atoms with Crippen LogP contribution in [0, 0.1) is 13.8 Å². The maximum Gasteiger partial charge on any atom is 0.221 e. The van der Waals surface area contributed by atoms with Crippen molar-refractivity contribution >= 4 is 5.91 Å². The molecule has 2 unspecified atom stereocenters. The van der Waals surface area contributed by atoms with Gasteiger partial charge in [0.2, 0.25) is 5.91 Å². The number of rotatable bonds is 2. The fourth-order valence-electron chi connectivity index (χ4n) is 2.86. The molecule has 3 rings (SSSR count). The Balaban J connectivity index is 1.85. The predicted octanol–water partition coefficient (Wildman–Crippen LogP) is 3.20. The minimum atomic E-state index is 0.0504. The molecule has 1 aliphatic rings. The summed E-state index contributed by atoms with van der Waals surface area (Å²) in [6.45, 7) is 4.79. The first kappa shape index (κ1) is 14.8. The zero-order valence-electron chi connectivity index (χ0n) is 13.1. The van der Waals surface area contributed by atoms with E-state index in [9.17, 15) is 4.79 Å². The Morgan fingerprint density at radius 2 is 1.32 bits per heavy atom. The predicted molar refractivity (Wildman–Crippen MR) is 88.6 cm³/mol. The van der Waals surface area contributed by atoms with Crippen molar-refractivity contribution in [2.24, 2.45) is 0 Å². The molecule has 3 nitrogen and oxygen atoms in total. The first-order chi connectivity index (χ1) is 10.6. The average Bonchev–Trinajstić information content (AvgIpc) is 2.71. The van der Waals surface area contributed by atoms with Crippen LogP contribution in [0.2, 0.25) is 0 Å². The van der Waals surface area contributed by atoms with Crippen molar-refractivity contribution in [2.75, 3.05) is 6.54 Å². The Morgan fingerprint density at radius 3 is 1.86 bits per heavy atom. The summed E-state index contributed by atoms with van der Waals surface area (Å²) in [7, 11) is 0. The third kappa shape index (κ3) is 3.37. The highest BCUT2D eigenvalue weighted by atomic mass is 16.1. The van der Waals surface area contributed by atoms with E-state index in [0.29, 0.717) is 13.0 Å². The molecule has 2 N–H and O–H groups in total. The van der Waals surface area contributed by atoms with E-state index in [1.807, 2.05) is 0 Å². The fraction of sp³-hybridized carbons (Fsp3) is 0.316. The topological polar surface area (TPSA) is 41.1 Å². The molecule has 22 heavy (non-hydrogen) atoms. The molecule has 1 fully saturated rings. The Morgan fingerprint density at radius 1 is 0.818 bits per heavy atom. The zero-order valence-corrected chi connectivity index (χ0v) is 13.1. The van der Waals surface area contributed by atoms with Crippen molar-refractivity contribution in [3.05, 3.63) is 70.8 Å². The number of hydrogen-bond acceptors (Lipinski definition) is 2. The second-order valence-corrected chi connectivity index (χ2v) is 6.10. The lowest BCUT2D eigenvalue weighted by Crippen LogP contribution is -2.29. The van der Waals surface area contributed by atoms with Crippen LogP contribution in [0.4, 0.5) is 0 Å². The van der Waals surface area contributed by atoms with Crippen LogP contribution in [-0.4, -0.2) is 12.5 Å². The van der Waals surface area contributed by atoms with Crippen LogP contribution >= 0.6 is 0 Å². The van der Waals surface area contributed by atoms with Gasteiger partial charge in [-0.2, -0.15) is 0 Å². The summed E-state index contributed by atoms with van der Waals surface area (Å²) in [6.07, 6.45) is 0.478. The molecule has 1 amide bonds. The largest absolute Gasteiger partial charge is 0.354 e. The van der Waals surface area contributed by atoms with Gasteiger partial charge in [0.25, 0.3) is 0 Å². The summed E-state index contributed by atoms with van der Waals surface area (Å²) in [6, 6.07) is 17.1. The third-order valence-corrected chi connectivity index (χ3v) is 4.25. The number of nitrogens with one attached hydrogen (secondary N) is 2. The summed E-state index contributed by atoms with van der Waals surface area (Å²) >= 11 is 0. The van der Waals surface area contributed by atoms with Crippen molar-refractivity contribution in [1.29, 1.82) is 0 Å². The van der Waals surface area contributed by atoms with Gasteiger partial charge in [0.1, 0.15) is 0 Å². The molecular weight excluding hydrogens is 272 g/mol. The van der Waals surface area contributed by atoms with E-state index in [1.54, 1.807) is 0 Å². The SMILES string of the molecule is Cc1ccc(C2CNC(=O)CC(c3ccc(C)cc3)N2)cc1. The molecule has 0 aliphatic carbocycles. The van der Waals surface area contributed by atoms with Gasteiger partial charge in [-0.3, -0.25) is 4.79 Å². The van der Waals surface area contributed by atoms with E-state index < -0.39 is 0 Å². The monoisotopic (exact) mass is 294 g/mol. The summed E-state index contributed by atoms with van der Waals surface area (Å²) in [5.74, 6) is 0.104. The highest BCUT2D eigenvalue weighted by Gasteiger charge is 2.25. The van der Waals surface area contributed by atoms with Gasteiger partial charge in [-0.15, -0.1) is 0 Å². The van der Waals surface area contributed by atoms with Gasteiger partial charge >= 0.3 is 0 Å². The smallest absolute Gasteiger partial charge is 0.221 e.